The second-order valence-corrected chi connectivity index (χ2v) is 5.63. The molecule has 0 saturated carbocycles. The van der Waals surface area contributed by atoms with Gasteiger partial charge in [-0.2, -0.15) is 0 Å². The normalized spacial score (nSPS) is 11.7. The van der Waals surface area contributed by atoms with Gasteiger partial charge in [0.05, 0.1) is 5.56 Å². The number of hydrogen-bond acceptors (Lipinski definition) is 4. The molecule has 0 fully saturated rings. The van der Waals surface area contributed by atoms with Crippen LogP contribution in [0, 0.1) is 11.7 Å². The maximum Gasteiger partial charge on any atom is 0.329 e. The Labute approximate surface area is 140 Å². The lowest BCUT2D eigenvalue weighted by Gasteiger charge is -2.21. The van der Waals surface area contributed by atoms with Gasteiger partial charge in [-0.05, 0) is 24.5 Å². The van der Waals surface area contributed by atoms with Crippen LogP contribution in [0.2, 0.25) is 0 Å². The molecule has 0 unspecified atom stereocenters. The topological polar surface area (TPSA) is 84.5 Å². The molecule has 1 aromatic rings. The van der Waals surface area contributed by atoms with Crippen molar-refractivity contribution < 1.29 is 23.5 Å². The number of carbonyl (C=O) groups is 3. The molecular weight excluding hydrogens is 315 g/mol. The van der Waals surface area contributed by atoms with Gasteiger partial charge in [0.1, 0.15) is 11.9 Å². The summed E-state index contributed by atoms with van der Waals surface area (Å²) in [7, 11) is 0. The number of halogens is 1. The molecule has 0 aliphatic heterocycles. The number of nitrogens with one attached hydrogen (secondary N) is 2. The number of amides is 2. The average Bonchev–Trinajstić information content (AvgIpc) is 2.55. The Morgan fingerprint density at radius 2 is 1.88 bits per heavy atom. The van der Waals surface area contributed by atoms with E-state index >= 15 is 0 Å². The van der Waals surface area contributed by atoms with Crippen LogP contribution in [0.4, 0.5) is 4.39 Å². The summed E-state index contributed by atoms with van der Waals surface area (Å²) in [5, 5.41) is 5.03. The van der Waals surface area contributed by atoms with Crippen molar-refractivity contribution in [2.45, 2.75) is 33.2 Å². The summed E-state index contributed by atoms with van der Waals surface area (Å²) in [5.74, 6) is -2.81. The molecule has 24 heavy (non-hydrogen) atoms. The molecule has 0 aromatic heterocycles. The monoisotopic (exact) mass is 338 g/mol. The van der Waals surface area contributed by atoms with E-state index < -0.39 is 36.2 Å². The van der Waals surface area contributed by atoms with Gasteiger partial charge < -0.3 is 15.4 Å². The third kappa shape index (κ3) is 5.98. The van der Waals surface area contributed by atoms with E-state index in [1.165, 1.54) is 18.2 Å². The molecule has 132 valence electrons. The summed E-state index contributed by atoms with van der Waals surface area (Å²) < 4.78 is 18.6. The fourth-order valence-electron chi connectivity index (χ4n) is 1.90. The van der Waals surface area contributed by atoms with Gasteiger partial charge in [-0.1, -0.05) is 32.9 Å². The predicted octanol–water partition coefficient (Wildman–Crippen LogP) is 1.65. The minimum atomic E-state index is -0.976. The molecule has 1 rings (SSSR count). The average molecular weight is 338 g/mol. The maximum absolute atomic E-state index is 13.6. The van der Waals surface area contributed by atoms with Gasteiger partial charge in [0, 0.05) is 6.54 Å². The lowest BCUT2D eigenvalue weighted by molar-refractivity contribution is -0.151. The van der Waals surface area contributed by atoms with Crippen LogP contribution in [0.25, 0.3) is 0 Å². The van der Waals surface area contributed by atoms with E-state index in [2.05, 4.69) is 10.6 Å². The molecule has 0 radical (unpaired) electrons. The Morgan fingerprint density at radius 1 is 1.21 bits per heavy atom. The molecule has 7 heteroatoms. The van der Waals surface area contributed by atoms with E-state index in [4.69, 9.17) is 4.74 Å². The van der Waals surface area contributed by atoms with Crippen LogP contribution >= 0.6 is 0 Å². The van der Waals surface area contributed by atoms with E-state index in [0.29, 0.717) is 6.54 Å². The van der Waals surface area contributed by atoms with Crippen LogP contribution in [-0.4, -0.2) is 37.0 Å². The summed E-state index contributed by atoms with van der Waals surface area (Å²) in [6, 6.07) is 4.51. The fraction of sp³-hybridized carbons (Fsp3) is 0.471. The summed E-state index contributed by atoms with van der Waals surface area (Å²) in [6.07, 6.45) is 0.771. The number of rotatable bonds is 8. The lowest BCUT2D eigenvalue weighted by Crippen LogP contribution is -2.46. The standard InChI is InChI=1S/C17H23FN2O4/c1-4-9-19-14(21)10-24-17(23)15(11(2)3)20-16(22)12-7-5-6-8-13(12)18/h5-8,11,15H,4,9-10H2,1-3H3,(H,19,21)(H,20,22)/t15-/m0/s1. The van der Waals surface area contributed by atoms with Gasteiger partial charge in [0.2, 0.25) is 0 Å². The van der Waals surface area contributed by atoms with Gasteiger partial charge in [-0.25, -0.2) is 9.18 Å². The summed E-state index contributed by atoms with van der Waals surface area (Å²) in [5.41, 5.74) is -0.156. The van der Waals surface area contributed by atoms with Crippen molar-refractivity contribution in [3.63, 3.8) is 0 Å². The smallest absolute Gasteiger partial charge is 0.329 e. The second-order valence-electron chi connectivity index (χ2n) is 5.63. The quantitative estimate of drug-likeness (QED) is 0.706. The third-order valence-electron chi connectivity index (χ3n) is 3.24. The molecule has 2 N–H and O–H groups in total. The molecule has 2 amide bonds. The van der Waals surface area contributed by atoms with E-state index in [9.17, 15) is 18.8 Å². The minimum absolute atomic E-state index is 0.156. The summed E-state index contributed by atoms with van der Waals surface area (Å²) in [4.78, 5) is 35.7. The van der Waals surface area contributed by atoms with Crippen molar-refractivity contribution in [1.29, 1.82) is 0 Å². The Balaban J connectivity index is 2.66. The lowest BCUT2D eigenvalue weighted by atomic mass is 10.0. The summed E-state index contributed by atoms with van der Waals surface area (Å²) in [6.45, 7) is 5.40. The molecule has 0 aliphatic rings. The van der Waals surface area contributed by atoms with Crippen LogP contribution in [0.1, 0.15) is 37.6 Å². The van der Waals surface area contributed by atoms with Crippen LogP contribution in [0.15, 0.2) is 24.3 Å². The molecule has 1 atom stereocenters. The van der Waals surface area contributed by atoms with Gasteiger partial charge in [-0.3, -0.25) is 9.59 Å². The predicted molar refractivity (Wildman–Crippen MR) is 86.8 cm³/mol. The van der Waals surface area contributed by atoms with Gasteiger partial charge >= 0.3 is 5.97 Å². The summed E-state index contributed by atoms with van der Waals surface area (Å²) >= 11 is 0. The Bertz CT molecular complexity index is 590. The molecule has 0 aliphatic carbocycles. The molecule has 1 aromatic carbocycles. The largest absolute Gasteiger partial charge is 0.454 e. The number of benzene rings is 1. The second kappa shape index (κ2) is 9.64. The first kappa shape index (κ1) is 19.6. The first-order chi connectivity index (χ1) is 11.4. The van der Waals surface area contributed by atoms with Gasteiger partial charge in [-0.15, -0.1) is 0 Å². The number of esters is 1. The Kier molecular flexibility index (Phi) is 7.88. The zero-order valence-corrected chi connectivity index (χ0v) is 14.1. The molecule has 0 heterocycles. The zero-order valence-electron chi connectivity index (χ0n) is 14.1. The van der Waals surface area contributed by atoms with E-state index in [1.54, 1.807) is 13.8 Å². The fourth-order valence-corrected chi connectivity index (χ4v) is 1.90. The third-order valence-corrected chi connectivity index (χ3v) is 3.24. The van der Waals surface area contributed by atoms with Crippen molar-refractivity contribution in [2.75, 3.05) is 13.2 Å². The van der Waals surface area contributed by atoms with Gasteiger partial charge in [0.15, 0.2) is 6.61 Å². The molecule has 0 spiro atoms. The first-order valence-corrected chi connectivity index (χ1v) is 7.85. The molecule has 0 bridgehead atoms. The molecular formula is C17H23FN2O4. The highest BCUT2D eigenvalue weighted by atomic mass is 19.1. The highest BCUT2D eigenvalue weighted by molar-refractivity contribution is 5.97. The van der Waals surface area contributed by atoms with E-state index in [1.807, 2.05) is 6.92 Å². The maximum atomic E-state index is 13.6. The van der Waals surface area contributed by atoms with Crippen LogP contribution in [0.5, 0.6) is 0 Å². The minimum Gasteiger partial charge on any atom is -0.454 e. The van der Waals surface area contributed by atoms with Crippen molar-refractivity contribution in [2.24, 2.45) is 5.92 Å². The van der Waals surface area contributed by atoms with Crippen molar-refractivity contribution in [1.82, 2.24) is 10.6 Å². The zero-order chi connectivity index (χ0) is 18.1. The highest BCUT2D eigenvalue weighted by Crippen LogP contribution is 2.09. The van der Waals surface area contributed by atoms with Crippen molar-refractivity contribution >= 4 is 17.8 Å². The van der Waals surface area contributed by atoms with E-state index in [-0.39, 0.29) is 11.5 Å². The number of carbonyl (C=O) groups excluding carboxylic acids is 3. The highest BCUT2D eigenvalue weighted by Gasteiger charge is 2.27. The SMILES string of the molecule is CCCNC(=O)COC(=O)[C@@H](NC(=O)c1ccccc1F)C(C)C. The van der Waals surface area contributed by atoms with Crippen LogP contribution in [0.3, 0.4) is 0 Å². The number of hydrogen-bond donors (Lipinski definition) is 2. The molecule has 6 nitrogen and oxygen atoms in total. The number of ether oxygens (including phenoxy) is 1. The van der Waals surface area contributed by atoms with Crippen LogP contribution < -0.4 is 10.6 Å². The Hall–Kier alpha value is -2.44. The van der Waals surface area contributed by atoms with Gasteiger partial charge in [0.25, 0.3) is 11.8 Å². The van der Waals surface area contributed by atoms with E-state index in [0.717, 1.165) is 12.5 Å². The van der Waals surface area contributed by atoms with Crippen molar-refractivity contribution in [3.05, 3.63) is 35.6 Å². The van der Waals surface area contributed by atoms with Crippen LogP contribution in [-0.2, 0) is 14.3 Å². The van der Waals surface area contributed by atoms with Crippen molar-refractivity contribution in [3.8, 4) is 0 Å². The molecule has 0 saturated heterocycles. The Morgan fingerprint density at radius 3 is 2.46 bits per heavy atom. The first-order valence-electron chi connectivity index (χ1n) is 7.85.